The van der Waals surface area contributed by atoms with Crippen LogP contribution in [0.25, 0.3) is 0 Å². The molecule has 18 heavy (non-hydrogen) atoms. The van der Waals surface area contributed by atoms with Crippen molar-refractivity contribution < 1.29 is 40.3 Å². The zero-order chi connectivity index (χ0) is 14.9. The highest BCUT2D eigenvalue weighted by molar-refractivity contribution is 6.03. The Labute approximate surface area is 97.1 Å². The molecule has 0 unspecified atom stereocenters. The first kappa shape index (κ1) is 16.9. The molecule has 0 aromatic rings. The van der Waals surface area contributed by atoms with E-state index in [9.17, 15) is 40.3 Å². The van der Waals surface area contributed by atoms with Crippen LogP contribution in [0.1, 0.15) is 20.3 Å². The second kappa shape index (κ2) is 4.85. The summed E-state index contributed by atoms with van der Waals surface area (Å²) in [6.45, 7) is 2.38. The lowest BCUT2D eigenvalue weighted by molar-refractivity contribution is -0.343. The maximum Gasteiger partial charge on any atom is 0.460 e. The molecule has 0 saturated carbocycles. The highest BCUT2D eigenvalue weighted by Gasteiger charge is 2.75. The standard InChI is InChI=1S/C9H9F7O2/c1-4(2)5(17)3-6(18)7(10,11)8(12,13)9(14,15)16/h4H,3H2,1-2H3. The van der Waals surface area contributed by atoms with Gasteiger partial charge in [-0.3, -0.25) is 9.59 Å². The fraction of sp³-hybridized carbons (Fsp3) is 0.778. The molecule has 0 atom stereocenters. The topological polar surface area (TPSA) is 34.1 Å². The quantitative estimate of drug-likeness (QED) is 0.574. The summed E-state index contributed by atoms with van der Waals surface area (Å²) < 4.78 is 85.4. The normalized spacial score (nSPS) is 13.9. The van der Waals surface area contributed by atoms with Crippen molar-refractivity contribution in [3.63, 3.8) is 0 Å². The average molecular weight is 282 g/mol. The largest absolute Gasteiger partial charge is 0.460 e. The van der Waals surface area contributed by atoms with Gasteiger partial charge in [0, 0.05) is 5.92 Å². The molecule has 0 amide bonds. The van der Waals surface area contributed by atoms with Crippen LogP contribution >= 0.6 is 0 Å². The fourth-order valence-electron chi connectivity index (χ4n) is 0.826. The molecule has 0 saturated heterocycles. The molecule has 0 aliphatic rings. The molecule has 0 bridgehead atoms. The molecule has 0 spiro atoms. The van der Waals surface area contributed by atoms with E-state index in [1.54, 1.807) is 0 Å². The first-order chi connectivity index (χ1) is 7.75. The summed E-state index contributed by atoms with van der Waals surface area (Å²) in [6, 6.07) is 0. The number of halogens is 7. The SMILES string of the molecule is CC(C)C(=O)CC(=O)C(F)(F)C(F)(F)C(F)(F)F. The van der Waals surface area contributed by atoms with Crippen LogP contribution in [0.15, 0.2) is 0 Å². The number of Topliss-reactive ketones (excluding diaryl/α,β-unsaturated/α-hetero) is 2. The highest BCUT2D eigenvalue weighted by Crippen LogP contribution is 2.47. The Kier molecular flexibility index (Phi) is 4.54. The number of carbonyl (C=O) groups is 2. The van der Waals surface area contributed by atoms with Gasteiger partial charge in [0.1, 0.15) is 5.78 Å². The fourth-order valence-corrected chi connectivity index (χ4v) is 0.826. The van der Waals surface area contributed by atoms with Crippen LogP contribution in [-0.4, -0.2) is 29.6 Å². The van der Waals surface area contributed by atoms with E-state index < -0.39 is 41.9 Å². The lowest BCUT2D eigenvalue weighted by Gasteiger charge is -2.26. The van der Waals surface area contributed by atoms with Crippen molar-refractivity contribution in [2.75, 3.05) is 0 Å². The Balaban J connectivity index is 5.16. The van der Waals surface area contributed by atoms with Crippen LogP contribution in [0, 0.1) is 5.92 Å². The average Bonchev–Trinajstić information content (AvgIpc) is 2.14. The summed E-state index contributed by atoms with van der Waals surface area (Å²) in [7, 11) is 0. The van der Waals surface area contributed by atoms with E-state index in [2.05, 4.69) is 0 Å². The van der Waals surface area contributed by atoms with E-state index in [0.29, 0.717) is 0 Å². The molecule has 0 fully saturated rings. The van der Waals surface area contributed by atoms with Gasteiger partial charge in [0.15, 0.2) is 0 Å². The molecule has 106 valence electrons. The summed E-state index contributed by atoms with van der Waals surface area (Å²) in [5, 5.41) is 0. The lowest BCUT2D eigenvalue weighted by atomic mass is 9.97. The van der Waals surface area contributed by atoms with Crippen LogP contribution in [0.2, 0.25) is 0 Å². The van der Waals surface area contributed by atoms with Gasteiger partial charge in [0.05, 0.1) is 6.42 Å². The van der Waals surface area contributed by atoms with E-state index in [1.807, 2.05) is 0 Å². The van der Waals surface area contributed by atoms with Crippen molar-refractivity contribution >= 4 is 11.6 Å². The van der Waals surface area contributed by atoms with Gasteiger partial charge in [-0.2, -0.15) is 30.7 Å². The van der Waals surface area contributed by atoms with E-state index in [1.165, 1.54) is 13.8 Å². The van der Waals surface area contributed by atoms with Crippen LogP contribution in [0.4, 0.5) is 30.7 Å². The molecule has 0 aliphatic heterocycles. The number of carbonyl (C=O) groups excluding carboxylic acids is 2. The molecule has 0 heterocycles. The third-order valence-corrected chi connectivity index (χ3v) is 2.08. The van der Waals surface area contributed by atoms with E-state index >= 15 is 0 Å². The Morgan fingerprint density at radius 3 is 1.61 bits per heavy atom. The number of hydrogen-bond donors (Lipinski definition) is 0. The molecule has 0 aromatic carbocycles. The molecule has 2 nitrogen and oxygen atoms in total. The smallest absolute Gasteiger partial charge is 0.299 e. The first-order valence-corrected chi connectivity index (χ1v) is 4.63. The van der Waals surface area contributed by atoms with Gasteiger partial charge in [-0.05, 0) is 0 Å². The zero-order valence-electron chi connectivity index (χ0n) is 9.25. The Morgan fingerprint density at radius 1 is 0.944 bits per heavy atom. The van der Waals surface area contributed by atoms with Gasteiger partial charge in [0.2, 0.25) is 5.78 Å². The Bertz CT molecular complexity index is 343. The van der Waals surface area contributed by atoms with Gasteiger partial charge >= 0.3 is 18.0 Å². The summed E-state index contributed by atoms with van der Waals surface area (Å²) >= 11 is 0. The van der Waals surface area contributed by atoms with Gasteiger partial charge < -0.3 is 0 Å². The maximum atomic E-state index is 12.7. The number of ketones is 2. The summed E-state index contributed by atoms with van der Waals surface area (Å²) in [5.41, 5.74) is 0. The van der Waals surface area contributed by atoms with E-state index in [0.717, 1.165) is 0 Å². The molecule has 0 aromatic heterocycles. The van der Waals surface area contributed by atoms with Crippen molar-refractivity contribution in [3.05, 3.63) is 0 Å². The van der Waals surface area contributed by atoms with E-state index in [-0.39, 0.29) is 0 Å². The molecule has 0 radical (unpaired) electrons. The maximum absolute atomic E-state index is 12.7. The highest BCUT2D eigenvalue weighted by atomic mass is 19.4. The minimum absolute atomic E-state index is 0.927. The monoisotopic (exact) mass is 282 g/mol. The van der Waals surface area contributed by atoms with Crippen LogP contribution in [-0.2, 0) is 9.59 Å². The van der Waals surface area contributed by atoms with Gasteiger partial charge in [-0.1, -0.05) is 13.8 Å². The zero-order valence-corrected chi connectivity index (χ0v) is 9.25. The van der Waals surface area contributed by atoms with E-state index in [4.69, 9.17) is 0 Å². The number of alkyl halides is 7. The molecular formula is C9H9F7O2. The Morgan fingerprint density at radius 2 is 1.33 bits per heavy atom. The molecule has 0 aliphatic carbocycles. The van der Waals surface area contributed by atoms with Gasteiger partial charge in [-0.15, -0.1) is 0 Å². The van der Waals surface area contributed by atoms with Crippen LogP contribution < -0.4 is 0 Å². The summed E-state index contributed by atoms with van der Waals surface area (Å²) in [4.78, 5) is 21.6. The minimum atomic E-state index is -6.58. The summed E-state index contributed by atoms with van der Waals surface area (Å²) in [5.74, 6) is -17.3. The first-order valence-electron chi connectivity index (χ1n) is 4.63. The van der Waals surface area contributed by atoms with Crippen molar-refractivity contribution in [2.24, 2.45) is 5.92 Å². The third-order valence-electron chi connectivity index (χ3n) is 2.08. The second-order valence-electron chi connectivity index (χ2n) is 3.87. The number of rotatable bonds is 5. The van der Waals surface area contributed by atoms with Crippen LogP contribution in [0.3, 0.4) is 0 Å². The molecule has 0 rings (SSSR count). The third kappa shape index (κ3) is 2.99. The predicted molar refractivity (Wildman–Crippen MR) is 45.4 cm³/mol. The molecule has 0 N–H and O–H groups in total. The van der Waals surface area contributed by atoms with Gasteiger partial charge in [0.25, 0.3) is 0 Å². The van der Waals surface area contributed by atoms with Crippen molar-refractivity contribution in [3.8, 4) is 0 Å². The minimum Gasteiger partial charge on any atom is -0.299 e. The summed E-state index contributed by atoms with van der Waals surface area (Å²) in [6.07, 6.45) is -8.25. The molecular weight excluding hydrogens is 273 g/mol. The van der Waals surface area contributed by atoms with Gasteiger partial charge in [-0.25, -0.2) is 0 Å². The van der Waals surface area contributed by atoms with Crippen molar-refractivity contribution in [1.29, 1.82) is 0 Å². The van der Waals surface area contributed by atoms with Crippen molar-refractivity contribution in [2.45, 2.75) is 38.3 Å². The molecule has 9 heteroatoms. The Hall–Kier alpha value is -1.15. The van der Waals surface area contributed by atoms with Crippen LogP contribution in [0.5, 0.6) is 0 Å². The second-order valence-corrected chi connectivity index (χ2v) is 3.87. The van der Waals surface area contributed by atoms with Crippen molar-refractivity contribution in [1.82, 2.24) is 0 Å². The number of hydrogen-bond acceptors (Lipinski definition) is 2. The predicted octanol–water partition coefficient (Wildman–Crippen LogP) is 3.00. The lowest BCUT2D eigenvalue weighted by Crippen LogP contribution is -2.56.